The summed E-state index contributed by atoms with van der Waals surface area (Å²) in [5, 5.41) is 0. The van der Waals surface area contributed by atoms with Crippen LogP contribution >= 0.6 is 0 Å². The number of aromatic nitrogens is 2. The van der Waals surface area contributed by atoms with Gasteiger partial charge in [0.15, 0.2) is 0 Å². The number of hydrogen-bond donors (Lipinski definition) is 1. The van der Waals surface area contributed by atoms with Crippen molar-refractivity contribution in [3.05, 3.63) is 23.3 Å². The van der Waals surface area contributed by atoms with Gasteiger partial charge in [-0.05, 0) is 7.05 Å². The van der Waals surface area contributed by atoms with Gasteiger partial charge in [0.2, 0.25) is 0 Å². The smallest absolute Gasteiger partial charge is 0.116 e. The molecule has 4 heteroatoms. The monoisotopic (exact) mass is 178 g/mol. The Kier molecular flexibility index (Phi) is 2.24. The predicted molar refractivity (Wildman–Crippen MR) is 50.0 cm³/mol. The second-order valence-corrected chi connectivity index (χ2v) is 3.44. The van der Waals surface area contributed by atoms with Gasteiger partial charge < -0.3 is 10.6 Å². The van der Waals surface area contributed by atoms with E-state index in [2.05, 4.69) is 21.9 Å². The van der Waals surface area contributed by atoms with E-state index < -0.39 is 0 Å². The van der Waals surface area contributed by atoms with E-state index in [0.29, 0.717) is 6.54 Å². The molecule has 0 atom stereocenters. The number of rotatable bonds is 1. The molecule has 0 unspecified atom stereocenters. The molecule has 0 aromatic carbocycles. The molecule has 1 aliphatic heterocycles. The zero-order chi connectivity index (χ0) is 9.26. The number of nitrogens with two attached hydrogens (primary N) is 1. The average Bonchev–Trinajstić information content (AvgIpc) is 2.17. The van der Waals surface area contributed by atoms with Crippen molar-refractivity contribution in [1.29, 1.82) is 0 Å². The molecule has 0 saturated heterocycles. The molecular formula is C9H14N4. The summed E-state index contributed by atoms with van der Waals surface area (Å²) >= 11 is 0. The van der Waals surface area contributed by atoms with E-state index in [4.69, 9.17) is 5.73 Å². The maximum atomic E-state index is 5.61. The van der Waals surface area contributed by atoms with E-state index in [1.54, 1.807) is 6.33 Å². The van der Waals surface area contributed by atoms with Crippen LogP contribution in [0.2, 0.25) is 0 Å². The van der Waals surface area contributed by atoms with Gasteiger partial charge in [-0.25, -0.2) is 9.97 Å². The maximum Gasteiger partial charge on any atom is 0.116 e. The molecule has 1 aromatic rings. The van der Waals surface area contributed by atoms with E-state index in [1.807, 2.05) is 0 Å². The van der Waals surface area contributed by atoms with Crippen LogP contribution in [0.1, 0.15) is 17.0 Å². The highest BCUT2D eigenvalue weighted by molar-refractivity contribution is 5.26. The largest absolute Gasteiger partial charge is 0.325 e. The number of nitrogens with zero attached hydrogens (tertiary/aromatic N) is 3. The minimum atomic E-state index is 0.513. The number of hydrogen-bond acceptors (Lipinski definition) is 4. The molecule has 0 aliphatic carbocycles. The van der Waals surface area contributed by atoms with Crippen molar-refractivity contribution < 1.29 is 0 Å². The van der Waals surface area contributed by atoms with Crippen LogP contribution in [0.5, 0.6) is 0 Å². The molecule has 0 bridgehead atoms. The molecule has 0 spiro atoms. The summed E-state index contributed by atoms with van der Waals surface area (Å²) in [5.74, 6) is 0. The molecule has 2 heterocycles. The molecule has 0 amide bonds. The van der Waals surface area contributed by atoms with E-state index >= 15 is 0 Å². The van der Waals surface area contributed by atoms with Crippen LogP contribution in [0, 0.1) is 0 Å². The summed E-state index contributed by atoms with van der Waals surface area (Å²) in [5.41, 5.74) is 9.02. The standard InChI is InChI=1S/C9H14N4/c1-13-3-2-8-7(5-13)9(4-10)12-6-11-8/h6H,2-5,10H2,1H3. The molecule has 0 fully saturated rings. The first-order valence-electron chi connectivity index (χ1n) is 4.51. The zero-order valence-electron chi connectivity index (χ0n) is 7.82. The van der Waals surface area contributed by atoms with Gasteiger partial charge in [0.05, 0.1) is 5.69 Å². The summed E-state index contributed by atoms with van der Waals surface area (Å²) in [6.07, 6.45) is 2.63. The Bertz CT molecular complexity index is 296. The highest BCUT2D eigenvalue weighted by atomic mass is 15.1. The summed E-state index contributed by atoms with van der Waals surface area (Å²) < 4.78 is 0. The fourth-order valence-electron chi connectivity index (χ4n) is 1.71. The van der Waals surface area contributed by atoms with Crippen LogP contribution in [0.4, 0.5) is 0 Å². The van der Waals surface area contributed by atoms with E-state index in [-0.39, 0.29) is 0 Å². The van der Waals surface area contributed by atoms with Crippen LogP contribution in [0.3, 0.4) is 0 Å². The summed E-state index contributed by atoms with van der Waals surface area (Å²) in [6, 6.07) is 0. The fraction of sp³-hybridized carbons (Fsp3) is 0.556. The summed E-state index contributed by atoms with van der Waals surface area (Å²) in [7, 11) is 2.11. The van der Waals surface area contributed by atoms with E-state index in [9.17, 15) is 0 Å². The molecule has 1 aliphatic rings. The third-order valence-electron chi connectivity index (χ3n) is 2.48. The first-order chi connectivity index (χ1) is 6.31. The van der Waals surface area contributed by atoms with Gasteiger partial charge in [-0.3, -0.25) is 0 Å². The Balaban J connectivity index is 2.41. The normalized spacial score (nSPS) is 17.1. The quantitative estimate of drug-likeness (QED) is 0.653. The Morgan fingerprint density at radius 2 is 2.38 bits per heavy atom. The lowest BCUT2D eigenvalue weighted by Crippen LogP contribution is -2.29. The molecule has 2 N–H and O–H groups in total. The molecule has 1 aromatic heterocycles. The van der Waals surface area contributed by atoms with Gasteiger partial charge in [0.25, 0.3) is 0 Å². The second-order valence-electron chi connectivity index (χ2n) is 3.44. The lowest BCUT2D eigenvalue weighted by atomic mass is 10.0. The molecular weight excluding hydrogens is 164 g/mol. The molecule has 0 saturated carbocycles. The van der Waals surface area contributed by atoms with Gasteiger partial charge >= 0.3 is 0 Å². The topological polar surface area (TPSA) is 55.0 Å². The third-order valence-corrected chi connectivity index (χ3v) is 2.48. The molecule has 13 heavy (non-hydrogen) atoms. The Morgan fingerprint density at radius 1 is 1.54 bits per heavy atom. The van der Waals surface area contributed by atoms with Gasteiger partial charge in [0.1, 0.15) is 6.33 Å². The Morgan fingerprint density at radius 3 is 3.15 bits per heavy atom. The molecule has 70 valence electrons. The van der Waals surface area contributed by atoms with Crippen molar-refractivity contribution in [2.24, 2.45) is 5.73 Å². The fourth-order valence-corrected chi connectivity index (χ4v) is 1.71. The number of fused-ring (bicyclic) bond motifs is 1. The predicted octanol–water partition coefficient (Wildman–Crippen LogP) is -0.0768. The zero-order valence-corrected chi connectivity index (χ0v) is 7.82. The average molecular weight is 178 g/mol. The van der Waals surface area contributed by atoms with Crippen LogP contribution in [-0.4, -0.2) is 28.5 Å². The van der Waals surface area contributed by atoms with Crippen molar-refractivity contribution in [2.45, 2.75) is 19.5 Å². The van der Waals surface area contributed by atoms with Gasteiger partial charge in [-0.1, -0.05) is 0 Å². The van der Waals surface area contributed by atoms with Gasteiger partial charge in [-0.2, -0.15) is 0 Å². The summed E-state index contributed by atoms with van der Waals surface area (Å²) in [4.78, 5) is 10.7. The molecule has 4 nitrogen and oxygen atoms in total. The van der Waals surface area contributed by atoms with Crippen molar-refractivity contribution >= 4 is 0 Å². The summed E-state index contributed by atoms with van der Waals surface area (Å²) in [6.45, 7) is 2.52. The molecule has 2 rings (SSSR count). The van der Waals surface area contributed by atoms with Gasteiger partial charge in [0, 0.05) is 37.3 Å². The van der Waals surface area contributed by atoms with Crippen LogP contribution in [0.15, 0.2) is 6.33 Å². The Labute approximate surface area is 77.8 Å². The van der Waals surface area contributed by atoms with Crippen LogP contribution in [-0.2, 0) is 19.5 Å². The molecule has 0 radical (unpaired) electrons. The van der Waals surface area contributed by atoms with E-state index in [0.717, 1.165) is 25.2 Å². The SMILES string of the molecule is CN1CCc2ncnc(CN)c2C1. The first-order valence-corrected chi connectivity index (χ1v) is 4.51. The Hall–Kier alpha value is -1.00. The van der Waals surface area contributed by atoms with Crippen molar-refractivity contribution in [3.63, 3.8) is 0 Å². The highest BCUT2D eigenvalue weighted by Crippen LogP contribution is 2.17. The third kappa shape index (κ3) is 1.55. The second kappa shape index (κ2) is 3.40. The van der Waals surface area contributed by atoms with Crippen molar-refractivity contribution in [3.8, 4) is 0 Å². The lowest BCUT2D eigenvalue weighted by molar-refractivity contribution is 0.307. The van der Waals surface area contributed by atoms with Crippen molar-refractivity contribution in [1.82, 2.24) is 14.9 Å². The van der Waals surface area contributed by atoms with Gasteiger partial charge in [-0.15, -0.1) is 0 Å². The first kappa shape index (κ1) is 8.59. The lowest BCUT2D eigenvalue weighted by Gasteiger charge is -2.25. The minimum Gasteiger partial charge on any atom is -0.325 e. The highest BCUT2D eigenvalue weighted by Gasteiger charge is 2.17. The minimum absolute atomic E-state index is 0.513. The van der Waals surface area contributed by atoms with Crippen LogP contribution in [0.25, 0.3) is 0 Å². The van der Waals surface area contributed by atoms with E-state index in [1.165, 1.54) is 11.3 Å². The maximum absolute atomic E-state index is 5.61. The van der Waals surface area contributed by atoms with Crippen LogP contribution < -0.4 is 5.73 Å². The number of likely N-dealkylation sites (N-methyl/N-ethyl adjacent to an activating group) is 1. The van der Waals surface area contributed by atoms with Crippen molar-refractivity contribution in [2.75, 3.05) is 13.6 Å².